The SMILES string of the molecule is CCC(CC)C(c1ccccc1)n1ccnc1. The molecule has 0 saturated carbocycles. The van der Waals surface area contributed by atoms with Gasteiger partial charge in [0.05, 0.1) is 12.4 Å². The predicted octanol–water partition coefficient (Wildman–Crippen LogP) is 3.91. The van der Waals surface area contributed by atoms with Crippen LogP contribution in [-0.2, 0) is 0 Å². The minimum absolute atomic E-state index is 0.411. The molecule has 0 fully saturated rings. The largest absolute Gasteiger partial charge is 0.330 e. The van der Waals surface area contributed by atoms with Crippen LogP contribution in [0.5, 0.6) is 0 Å². The Morgan fingerprint density at radius 3 is 2.35 bits per heavy atom. The molecule has 1 heterocycles. The zero-order valence-corrected chi connectivity index (χ0v) is 10.6. The highest BCUT2D eigenvalue weighted by atomic mass is 15.1. The Kier molecular flexibility index (Phi) is 3.97. The Labute approximate surface area is 103 Å². The van der Waals surface area contributed by atoms with Crippen molar-refractivity contribution >= 4 is 0 Å². The molecule has 2 rings (SSSR count). The van der Waals surface area contributed by atoms with Gasteiger partial charge in [0.25, 0.3) is 0 Å². The van der Waals surface area contributed by atoms with Crippen molar-refractivity contribution in [3.05, 3.63) is 54.6 Å². The summed E-state index contributed by atoms with van der Waals surface area (Å²) in [7, 11) is 0. The van der Waals surface area contributed by atoms with Crippen LogP contribution < -0.4 is 0 Å². The zero-order valence-electron chi connectivity index (χ0n) is 10.6. The summed E-state index contributed by atoms with van der Waals surface area (Å²) >= 11 is 0. The molecule has 0 aliphatic heterocycles. The smallest absolute Gasteiger partial charge is 0.0951 e. The maximum absolute atomic E-state index is 4.18. The monoisotopic (exact) mass is 228 g/mol. The Bertz CT molecular complexity index is 415. The maximum Gasteiger partial charge on any atom is 0.0951 e. The lowest BCUT2D eigenvalue weighted by Gasteiger charge is -2.27. The van der Waals surface area contributed by atoms with Crippen LogP contribution in [0, 0.1) is 5.92 Å². The van der Waals surface area contributed by atoms with Crippen LogP contribution in [0.2, 0.25) is 0 Å². The van der Waals surface area contributed by atoms with Gasteiger partial charge in [-0.1, -0.05) is 57.0 Å². The summed E-state index contributed by atoms with van der Waals surface area (Å²) in [6.45, 7) is 4.53. The van der Waals surface area contributed by atoms with Crippen molar-refractivity contribution in [2.75, 3.05) is 0 Å². The second kappa shape index (κ2) is 5.67. The van der Waals surface area contributed by atoms with Crippen LogP contribution >= 0.6 is 0 Å². The zero-order chi connectivity index (χ0) is 12.1. The standard InChI is InChI=1S/C15H20N2/c1-3-13(4-2)15(17-11-10-16-12-17)14-8-6-5-7-9-14/h5-13,15H,3-4H2,1-2H3. The van der Waals surface area contributed by atoms with E-state index in [1.54, 1.807) is 0 Å². The van der Waals surface area contributed by atoms with Gasteiger partial charge in [-0.05, 0) is 11.5 Å². The van der Waals surface area contributed by atoms with Crippen molar-refractivity contribution in [3.63, 3.8) is 0 Å². The minimum Gasteiger partial charge on any atom is -0.330 e. The molecule has 90 valence electrons. The number of benzene rings is 1. The van der Waals surface area contributed by atoms with E-state index in [1.165, 1.54) is 18.4 Å². The molecule has 0 saturated heterocycles. The lowest BCUT2D eigenvalue weighted by Crippen LogP contribution is -2.18. The van der Waals surface area contributed by atoms with E-state index in [9.17, 15) is 0 Å². The van der Waals surface area contributed by atoms with E-state index in [1.807, 2.05) is 12.5 Å². The first kappa shape index (κ1) is 11.9. The topological polar surface area (TPSA) is 17.8 Å². The maximum atomic E-state index is 4.18. The molecule has 1 aromatic carbocycles. The number of nitrogens with zero attached hydrogens (tertiary/aromatic N) is 2. The fourth-order valence-corrected chi connectivity index (χ4v) is 2.51. The Balaban J connectivity index is 2.37. The normalized spacial score (nSPS) is 12.9. The third-order valence-corrected chi connectivity index (χ3v) is 3.48. The summed E-state index contributed by atoms with van der Waals surface area (Å²) in [4.78, 5) is 4.18. The molecule has 1 aromatic heterocycles. The summed E-state index contributed by atoms with van der Waals surface area (Å²) in [5, 5.41) is 0. The first-order valence-corrected chi connectivity index (χ1v) is 6.39. The third-order valence-electron chi connectivity index (χ3n) is 3.48. The first-order chi connectivity index (χ1) is 8.36. The average Bonchev–Trinajstić information content (AvgIpc) is 2.90. The van der Waals surface area contributed by atoms with Crippen molar-refractivity contribution in [2.45, 2.75) is 32.7 Å². The second-order valence-corrected chi connectivity index (χ2v) is 4.44. The van der Waals surface area contributed by atoms with Gasteiger partial charge in [0.2, 0.25) is 0 Å². The first-order valence-electron chi connectivity index (χ1n) is 6.39. The Morgan fingerprint density at radius 2 is 1.82 bits per heavy atom. The fraction of sp³-hybridized carbons (Fsp3) is 0.400. The number of imidazole rings is 1. The molecule has 1 atom stereocenters. The van der Waals surface area contributed by atoms with Crippen LogP contribution in [0.1, 0.15) is 38.3 Å². The number of rotatable bonds is 5. The summed E-state index contributed by atoms with van der Waals surface area (Å²) in [6.07, 6.45) is 8.23. The van der Waals surface area contributed by atoms with Gasteiger partial charge < -0.3 is 4.57 Å². The number of hydrogen-bond donors (Lipinski definition) is 0. The van der Waals surface area contributed by atoms with Gasteiger partial charge in [-0.15, -0.1) is 0 Å². The van der Waals surface area contributed by atoms with Crippen LogP contribution in [0.15, 0.2) is 49.1 Å². The molecule has 0 radical (unpaired) electrons. The molecule has 0 aliphatic carbocycles. The average molecular weight is 228 g/mol. The van der Waals surface area contributed by atoms with Crippen LogP contribution in [0.4, 0.5) is 0 Å². The molecule has 0 N–H and O–H groups in total. The molecule has 2 nitrogen and oxygen atoms in total. The van der Waals surface area contributed by atoms with Gasteiger partial charge in [0, 0.05) is 12.4 Å². The van der Waals surface area contributed by atoms with Crippen molar-refractivity contribution in [1.29, 1.82) is 0 Å². The summed E-state index contributed by atoms with van der Waals surface area (Å²) in [5.41, 5.74) is 1.37. The fourth-order valence-electron chi connectivity index (χ4n) is 2.51. The highest BCUT2D eigenvalue weighted by molar-refractivity contribution is 5.20. The minimum atomic E-state index is 0.411. The Morgan fingerprint density at radius 1 is 1.12 bits per heavy atom. The quantitative estimate of drug-likeness (QED) is 0.758. The van der Waals surface area contributed by atoms with E-state index in [0.29, 0.717) is 12.0 Å². The summed E-state index contributed by atoms with van der Waals surface area (Å²) < 4.78 is 2.23. The van der Waals surface area contributed by atoms with Crippen LogP contribution in [0.3, 0.4) is 0 Å². The van der Waals surface area contributed by atoms with E-state index in [-0.39, 0.29) is 0 Å². The highest BCUT2D eigenvalue weighted by Gasteiger charge is 2.21. The summed E-state index contributed by atoms with van der Waals surface area (Å²) in [5.74, 6) is 0.659. The molecular weight excluding hydrogens is 208 g/mol. The van der Waals surface area contributed by atoms with Gasteiger partial charge in [-0.25, -0.2) is 4.98 Å². The molecule has 0 bridgehead atoms. The van der Waals surface area contributed by atoms with E-state index in [0.717, 1.165) is 0 Å². The van der Waals surface area contributed by atoms with Crippen LogP contribution in [0.25, 0.3) is 0 Å². The van der Waals surface area contributed by atoms with Crippen LogP contribution in [-0.4, -0.2) is 9.55 Å². The number of aromatic nitrogens is 2. The molecule has 0 spiro atoms. The molecule has 0 aliphatic rings. The third kappa shape index (κ3) is 2.57. The second-order valence-electron chi connectivity index (χ2n) is 4.44. The van der Waals surface area contributed by atoms with E-state index >= 15 is 0 Å². The molecule has 17 heavy (non-hydrogen) atoms. The van der Waals surface area contributed by atoms with Crippen molar-refractivity contribution in [2.24, 2.45) is 5.92 Å². The lowest BCUT2D eigenvalue weighted by atomic mass is 9.89. The van der Waals surface area contributed by atoms with Gasteiger partial charge in [0.1, 0.15) is 0 Å². The van der Waals surface area contributed by atoms with E-state index in [4.69, 9.17) is 0 Å². The van der Waals surface area contributed by atoms with Gasteiger partial charge >= 0.3 is 0 Å². The van der Waals surface area contributed by atoms with Crippen molar-refractivity contribution in [1.82, 2.24) is 9.55 Å². The number of hydrogen-bond acceptors (Lipinski definition) is 1. The highest BCUT2D eigenvalue weighted by Crippen LogP contribution is 2.30. The van der Waals surface area contributed by atoms with E-state index in [2.05, 4.69) is 59.9 Å². The lowest BCUT2D eigenvalue weighted by molar-refractivity contribution is 0.355. The van der Waals surface area contributed by atoms with Gasteiger partial charge in [-0.2, -0.15) is 0 Å². The summed E-state index contributed by atoms with van der Waals surface area (Å²) in [6, 6.07) is 11.1. The Hall–Kier alpha value is -1.57. The molecule has 1 unspecified atom stereocenters. The predicted molar refractivity (Wildman–Crippen MR) is 70.9 cm³/mol. The van der Waals surface area contributed by atoms with Gasteiger partial charge in [0.15, 0.2) is 0 Å². The van der Waals surface area contributed by atoms with Gasteiger partial charge in [-0.3, -0.25) is 0 Å². The molecular formula is C15H20N2. The van der Waals surface area contributed by atoms with Crippen molar-refractivity contribution < 1.29 is 0 Å². The molecule has 0 amide bonds. The molecule has 2 aromatic rings. The van der Waals surface area contributed by atoms with Crippen molar-refractivity contribution in [3.8, 4) is 0 Å². The molecule has 2 heteroatoms. The van der Waals surface area contributed by atoms with E-state index < -0.39 is 0 Å².